The van der Waals surface area contributed by atoms with Gasteiger partial charge in [-0.3, -0.25) is 9.69 Å². The van der Waals surface area contributed by atoms with Crippen molar-refractivity contribution in [2.45, 2.75) is 13.8 Å². The lowest BCUT2D eigenvalue weighted by Gasteiger charge is -2.23. The molecule has 0 aliphatic rings. The molecule has 0 atom stereocenters. The molecule has 0 unspecified atom stereocenters. The third kappa shape index (κ3) is 2.72. The molecular weight excluding hydrogens is 312 g/mol. The summed E-state index contributed by atoms with van der Waals surface area (Å²) in [7, 11) is 3.75. The summed E-state index contributed by atoms with van der Waals surface area (Å²) in [6, 6.07) is 15.3. The van der Waals surface area contributed by atoms with Crippen LogP contribution < -0.4 is 4.90 Å². The maximum Gasteiger partial charge on any atom is 0.264 e. The molecule has 0 bridgehead atoms. The molecule has 0 aliphatic heterocycles. The number of aromatic nitrogens is 2. The minimum Gasteiger partial charge on any atom is -0.354 e. The SMILES string of the molecule is Cc1c(C(=O)N(c2ccccc2)c2cc(C#N)n(C)c2C)ccn1C. The predicted octanol–water partition coefficient (Wildman–Crippen LogP) is 3.83. The molecule has 0 saturated heterocycles. The van der Waals surface area contributed by atoms with Crippen LogP contribution in [0.3, 0.4) is 0 Å². The van der Waals surface area contributed by atoms with Gasteiger partial charge in [0.05, 0.1) is 11.3 Å². The number of nitrogens with zero attached hydrogens (tertiary/aromatic N) is 4. The summed E-state index contributed by atoms with van der Waals surface area (Å²) in [6.07, 6.45) is 1.88. The average Bonchev–Trinajstić information content (AvgIpc) is 3.10. The molecule has 0 saturated carbocycles. The number of carbonyl (C=O) groups is 1. The molecule has 0 N–H and O–H groups in total. The van der Waals surface area contributed by atoms with Crippen molar-refractivity contribution in [3.63, 3.8) is 0 Å². The van der Waals surface area contributed by atoms with E-state index in [2.05, 4.69) is 6.07 Å². The first-order chi connectivity index (χ1) is 12.0. The molecule has 1 aromatic carbocycles. The van der Waals surface area contributed by atoms with Gasteiger partial charge in [-0.1, -0.05) is 18.2 Å². The van der Waals surface area contributed by atoms with Gasteiger partial charge in [-0.25, -0.2) is 0 Å². The van der Waals surface area contributed by atoms with Gasteiger partial charge in [0.25, 0.3) is 5.91 Å². The molecule has 3 aromatic rings. The Morgan fingerprint density at radius 1 is 1.08 bits per heavy atom. The van der Waals surface area contributed by atoms with Gasteiger partial charge in [0.15, 0.2) is 0 Å². The van der Waals surface area contributed by atoms with E-state index < -0.39 is 0 Å². The first-order valence-corrected chi connectivity index (χ1v) is 8.03. The summed E-state index contributed by atoms with van der Waals surface area (Å²) >= 11 is 0. The molecule has 25 heavy (non-hydrogen) atoms. The number of anilines is 2. The third-order valence-electron chi connectivity index (χ3n) is 4.70. The largest absolute Gasteiger partial charge is 0.354 e. The van der Waals surface area contributed by atoms with E-state index in [1.54, 1.807) is 15.5 Å². The summed E-state index contributed by atoms with van der Waals surface area (Å²) < 4.78 is 3.73. The highest BCUT2D eigenvalue weighted by atomic mass is 16.2. The molecule has 0 spiro atoms. The van der Waals surface area contributed by atoms with Gasteiger partial charge < -0.3 is 9.13 Å². The van der Waals surface area contributed by atoms with Crippen molar-refractivity contribution in [2.75, 3.05) is 4.90 Å². The quantitative estimate of drug-likeness (QED) is 0.732. The van der Waals surface area contributed by atoms with Crippen molar-refractivity contribution in [3.8, 4) is 6.07 Å². The van der Waals surface area contributed by atoms with E-state index in [4.69, 9.17) is 0 Å². The van der Waals surface area contributed by atoms with Gasteiger partial charge in [0.1, 0.15) is 11.8 Å². The van der Waals surface area contributed by atoms with Crippen LogP contribution in [0.25, 0.3) is 0 Å². The molecular formula is C20H20N4O. The first kappa shape index (κ1) is 16.6. The van der Waals surface area contributed by atoms with Crippen LogP contribution >= 0.6 is 0 Å². The topological polar surface area (TPSA) is 54.0 Å². The Morgan fingerprint density at radius 2 is 1.76 bits per heavy atom. The summed E-state index contributed by atoms with van der Waals surface area (Å²) in [5.41, 5.74) is 4.42. The number of benzene rings is 1. The van der Waals surface area contributed by atoms with Gasteiger partial charge in [0.2, 0.25) is 0 Å². The molecule has 5 nitrogen and oxygen atoms in total. The lowest BCUT2D eigenvalue weighted by atomic mass is 10.1. The number of rotatable bonds is 3. The van der Waals surface area contributed by atoms with E-state index in [-0.39, 0.29) is 5.91 Å². The Labute approximate surface area is 147 Å². The summed E-state index contributed by atoms with van der Waals surface area (Å²) in [6.45, 7) is 3.84. The number of nitriles is 1. The van der Waals surface area contributed by atoms with Gasteiger partial charge >= 0.3 is 0 Å². The van der Waals surface area contributed by atoms with Gasteiger partial charge in [-0.2, -0.15) is 5.26 Å². The zero-order chi connectivity index (χ0) is 18.1. The van der Waals surface area contributed by atoms with Crippen LogP contribution in [0.5, 0.6) is 0 Å². The Morgan fingerprint density at radius 3 is 2.28 bits per heavy atom. The first-order valence-electron chi connectivity index (χ1n) is 8.03. The summed E-state index contributed by atoms with van der Waals surface area (Å²) in [5, 5.41) is 9.33. The minimum absolute atomic E-state index is 0.109. The van der Waals surface area contributed by atoms with Crippen LogP contribution in [-0.2, 0) is 14.1 Å². The lowest BCUT2D eigenvalue weighted by Crippen LogP contribution is -2.26. The minimum atomic E-state index is -0.109. The van der Waals surface area contributed by atoms with Crippen molar-refractivity contribution in [2.24, 2.45) is 14.1 Å². The van der Waals surface area contributed by atoms with E-state index in [1.807, 2.05) is 75.1 Å². The number of para-hydroxylation sites is 1. The number of amides is 1. The summed E-state index contributed by atoms with van der Waals surface area (Å²) in [5.74, 6) is -0.109. The summed E-state index contributed by atoms with van der Waals surface area (Å²) in [4.78, 5) is 15.0. The Bertz CT molecular complexity index is 973. The highest BCUT2D eigenvalue weighted by molar-refractivity contribution is 6.12. The maximum atomic E-state index is 13.4. The fraction of sp³-hybridized carbons (Fsp3) is 0.200. The lowest BCUT2D eigenvalue weighted by molar-refractivity contribution is 0.0998. The second kappa shape index (κ2) is 6.33. The Hall–Kier alpha value is -3.26. The maximum absolute atomic E-state index is 13.4. The van der Waals surface area contributed by atoms with Crippen LogP contribution in [0.1, 0.15) is 27.4 Å². The van der Waals surface area contributed by atoms with Crippen LogP contribution in [0, 0.1) is 25.2 Å². The monoisotopic (exact) mass is 332 g/mol. The van der Waals surface area contributed by atoms with Crippen LogP contribution in [0.4, 0.5) is 11.4 Å². The number of carbonyl (C=O) groups excluding carboxylic acids is 1. The van der Waals surface area contributed by atoms with Gasteiger partial charge in [0, 0.05) is 37.4 Å². The average molecular weight is 332 g/mol. The second-order valence-electron chi connectivity index (χ2n) is 6.07. The fourth-order valence-corrected chi connectivity index (χ4v) is 2.91. The van der Waals surface area contributed by atoms with E-state index in [1.165, 1.54) is 0 Å². The number of hydrogen-bond donors (Lipinski definition) is 0. The van der Waals surface area contributed by atoms with Crippen molar-refractivity contribution < 1.29 is 4.79 Å². The van der Waals surface area contributed by atoms with Crippen LogP contribution in [0.2, 0.25) is 0 Å². The molecule has 5 heteroatoms. The third-order valence-corrected chi connectivity index (χ3v) is 4.70. The normalized spacial score (nSPS) is 10.5. The standard InChI is InChI=1S/C20H20N4O/c1-14-18(10-11-22(14)3)20(25)24(16-8-6-5-7-9-16)19-12-17(13-21)23(4)15(19)2/h5-12H,1-4H3. The number of hydrogen-bond acceptors (Lipinski definition) is 2. The van der Waals surface area contributed by atoms with E-state index in [0.29, 0.717) is 11.3 Å². The fourth-order valence-electron chi connectivity index (χ4n) is 2.91. The number of aryl methyl sites for hydroxylation is 1. The van der Waals surface area contributed by atoms with Crippen molar-refractivity contribution in [1.82, 2.24) is 9.13 Å². The molecule has 3 rings (SSSR count). The predicted molar refractivity (Wildman–Crippen MR) is 97.9 cm³/mol. The van der Waals surface area contributed by atoms with E-state index in [0.717, 1.165) is 22.8 Å². The van der Waals surface area contributed by atoms with E-state index in [9.17, 15) is 10.1 Å². The molecule has 0 radical (unpaired) electrons. The highest BCUT2D eigenvalue weighted by Crippen LogP contribution is 2.32. The van der Waals surface area contributed by atoms with Crippen LogP contribution in [0.15, 0.2) is 48.7 Å². The Kier molecular flexibility index (Phi) is 4.20. The molecule has 2 heterocycles. The van der Waals surface area contributed by atoms with Crippen molar-refractivity contribution in [1.29, 1.82) is 5.26 Å². The zero-order valence-corrected chi connectivity index (χ0v) is 14.8. The van der Waals surface area contributed by atoms with Gasteiger partial charge in [-0.05, 0) is 38.1 Å². The second-order valence-corrected chi connectivity index (χ2v) is 6.07. The highest BCUT2D eigenvalue weighted by Gasteiger charge is 2.26. The van der Waals surface area contributed by atoms with Crippen molar-refractivity contribution >= 4 is 17.3 Å². The van der Waals surface area contributed by atoms with Gasteiger partial charge in [-0.15, -0.1) is 0 Å². The molecule has 0 fully saturated rings. The molecule has 1 amide bonds. The van der Waals surface area contributed by atoms with Crippen molar-refractivity contribution in [3.05, 3.63) is 71.3 Å². The molecule has 126 valence electrons. The van der Waals surface area contributed by atoms with E-state index >= 15 is 0 Å². The smallest absolute Gasteiger partial charge is 0.264 e. The molecule has 2 aromatic heterocycles. The van der Waals surface area contributed by atoms with Crippen LogP contribution in [-0.4, -0.2) is 15.0 Å². The molecule has 0 aliphatic carbocycles. The Balaban J connectivity index is 2.20. The zero-order valence-electron chi connectivity index (χ0n) is 14.8.